The molecule has 1 heterocycles. The highest BCUT2D eigenvalue weighted by molar-refractivity contribution is 7.89. The molecule has 3 aromatic rings. The predicted octanol–water partition coefficient (Wildman–Crippen LogP) is 5.17. The van der Waals surface area contributed by atoms with E-state index in [-0.39, 0.29) is 10.4 Å². The second-order valence-corrected chi connectivity index (χ2v) is 12.0. The van der Waals surface area contributed by atoms with Crippen LogP contribution in [-0.2, 0) is 26.7 Å². The van der Waals surface area contributed by atoms with E-state index in [1.165, 1.54) is 11.6 Å². The largest absolute Gasteiger partial charge is 0.482 e. The van der Waals surface area contributed by atoms with Gasteiger partial charge in [-0.25, -0.2) is 22.9 Å². The Labute approximate surface area is 212 Å². The summed E-state index contributed by atoms with van der Waals surface area (Å²) in [5, 5.41) is 8.90. The molecule has 1 aliphatic rings. The molecule has 36 heavy (non-hydrogen) atoms. The van der Waals surface area contributed by atoms with Crippen LogP contribution in [0.2, 0.25) is 0 Å². The highest BCUT2D eigenvalue weighted by atomic mass is 32.2. The SMILES string of the molecule is Cc1cc(-c2ccc(S(=O)(=O)NC3CCCc4c(OCC(=O)O)cccc43)nc2)cc(C(C)(C)C)c1. The van der Waals surface area contributed by atoms with Crippen molar-refractivity contribution in [3.05, 3.63) is 77.0 Å². The van der Waals surface area contributed by atoms with Gasteiger partial charge in [-0.05, 0) is 72.1 Å². The molecule has 0 spiro atoms. The van der Waals surface area contributed by atoms with Crippen LogP contribution in [0.25, 0.3) is 11.1 Å². The first-order valence-corrected chi connectivity index (χ1v) is 13.5. The molecule has 1 aliphatic carbocycles. The van der Waals surface area contributed by atoms with Crippen LogP contribution in [0.5, 0.6) is 5.75 Å². The molecule has 7 nitrogen and oxygen atoms in total. The molecular formula is C28H32N2O5S. The summed E-state index contributed by atoms with van der Waals surface area (Å²) in [6, 6.07) is 14.6. The van der Waals surface area contributed by atoms with E-state index < -0.39 is 28.6 Å². The van der Waals surface area contributed by atoms with Gasteiger partial charge in [-0.15, -0.1) is 0 Å². The summed E-state index contributed by atoms with van der Waals surface area (Å²) in [4.78, 5) is 15.2. The van der Waals surface area contributed by atoms with Gasteiger partial charge in [-0.1, -0.05) is 56.7 Å². The number of nitrogens with zero attached hydrogens (tertiary/aromatic N) is 1. The Morgan fingerprint density at radius 2 is 1.92 bits per heavy atom. The van der Waals surface area contributed by atoms with E-state index in [0.717, 1.165) is 34.2 Å². The number of ether oxygens (including phenoxy) is 1. The van der Waals surface area contributed by atoms with Crippen LogP contribution in [0, 0.1) is 6.92 Å². The van der Waals surface area contributed by atoms with Crippen molar-refractivity contribution in [1.82, 2.24) is 9.71 Å². The first-order chi connectivity index (χ1) is 16.9. The maximum Gasteiger partial charge on any atom is 0.341 e. The Morgan fingerprint density at radius 1 is 1.14 bits per heavy atom. The van der Waals surface area contributed by atoms with E-state index in [1.54, 1.807) is 24.4 Å². The van der Waals surface area contributed by atoms with Gasteiger partial charge in [-0.2, -0.15) is 0 Å². The van der Waals surface area contributed by atoms with Crippen molar-refractivity contribution in [2.24, 2.45) is 0 Å². The highest BCUT2D eigenvalue weighted by Crippen LogP contribution is 2.36. The van der Waals surface area contributed by atoms with Gasteiger partial charge in [0.05, 0.1) is 0 Å². The van der Waals surface area contributed by atoms with E-state index >= 15 is 0 Å². The molecule has 0 fully saturated rings. The second kappa shape index (κ2) is 10.0. The van der Waals surface area contributed by atoms with E-state index in [9.17, 15) is 13.2 Å². The number of aryl methyl sites for hydroxylation is 1. The topological polar surface area (TPSA) is 106 Å². The standard InChI is InChI=1S/C28H32N2O5S/c1-18-13-20(15-21(14-18)28(2,3)4)19-11-12-26(29-16-19)36(33,34)30-24-9-5-8-23-22(24)7-6-10-25(23)35-17-27(31)32/h6-7,10-16,24,30H,5,8-9,17H2,1-4H3,(H,31,32). The van der Waals surface area contributed by atoms with Crippen molar-refractivity contribution in [2.75, 3.05) is 6.61 Å². The second-order valence-electron chi connectivity index (χ2n) is 10.3. The normalized spacial score (nSPS) is 15.8. The number of carboxylic acids is 1. The van der Waals surface area contributed by atoms with Gasteiger partial charge in [0.25, 0.3) is 10.0 Å². The molecule has 190 valence electrons. The number of fused-ring (bicyclic) bond motifs is 1. The Bertz CT molecular complexity index is 1380. The molecule has 1 unspecified atom stereocenters. The van der Waals surface area contributed by atoms with Crippen LogP contribution in [0.4, 0.5) is 0 Å². The molecular weight excluding hydrogens is 476 g/mol. The summed E-state index contributed by atoms with van der Waals surface area (Å²) in [5.41, 5.74) is 5.84. The fraction of sp³-hybridized carbons (Fsp3) is 0.357. The zero-order chi connectivity index (χ0) is 26.1. The fourth-order valence-electron chi connectivity index (χ4n) is 4.55. The van der Waals surface area contributed by atoms with Gasteiger partial charge in [0.15, 0.2) is 11.6 Å². The van der Waals surface area contributed by atoms with Crippen molar-refractivity contribution in [1.29, 1.82) is 0 Å². The minimum absolute atomic E-state index is 0.00375. The average Bonchev–Trinajstić information content (AvgIpc) is 2.82. The lowest BCUT2D eigenvalue weighted by molar-refractivity contribution is -0.139. The maximum atomic E-state index is 13.2. The number of pyridine rings is 1. The molecule has 1 atom stereocenters. The number of aliphatic carboxylic acids is 1. The number of hydrogen-bond acceptors (Lipinski definition) is 5. The van der Waals surface area contributed by atoms with Gasteiger partial charge in [0.2, 0.25) is 0 Å². The first kappa shape index (κ1) is 25.9. The number of sulfonamides is 1. The average molecular weight is 509 g/mol. The molecule has 0 saturated heterocycles. The summed E-state index contributed by atoms with van der Waals surface area (Å²) in [6.45, 7) is 8.09. The minimum atomic E-state index is -3.88. The lowest BCUT2D eigenvalue weighted by Crippen LogP contribution is -2.31. The van der Waals surface area contributed by atoms with Gasteiger partial charge >= 0.3 is 5.97 Å². The Morgan fingerprint density at radius 3 is 2.58 bits per heavy atom. The molecule has 2 aromatic carbocycles. The van der Waals surface area contributed by atoms with Crippen molar-refractivity contribution in [3.63, 3.8) is 0 Å². The van der Waals surface area contributed by atoms with Crippen LogP contribution in [0.3, 0.4) is 0 Å². The van der Waals surface area contributed by atoms with Crippen molar-refractivity contribution in [3.8, 4) is 16.9 Å². The zero-order valence-corrected chi connectivity index (χ0v) is 21.9. The zero-order valence-electron chi connectivity index (χ0n) is 21.0. The molecule has 1 aromatic heterocycles. The summed E-state index contributed by atoms with van der Waals surface area (Å²) < 4.78 is 34.7. The molecule has 0 amide bonds. The summed E-state index contributed by atoms with van der Waals surface area (Å²) in [6.07, 6.45) is 3.68. The quantitative estimate of drug-likeness (QED) is 0.456. The van der Waals surface area contributed by atoms with Crippen molar-refractivity contribution >= 4 is 16.0 Å². The van der Waals surface area contributed by atoms with Gasteiger partial charge in [0, 0.05) is 17.8 Å². The highest BCUT2D eigenvalue weighted by Gasteiger charge is 2.28. The summed E-state index contributed by atoms with van der Waals surface area (Å²) in [5.74, 6) is -0.579. The van der Waals surface area contributed by atoms with Crippen LogP contribution < -0.4 is 9.46 Å². The van der Waals surface area contributed by atoms with E-state index in [4.69, 9.17) is 9.84 Å². The molecule has 2 N–H and O–H groups in total. The lowest BCUT2D eigenvalue weighted by Gasteiger charge is -2.27. The third-order valence-corrected chi connectivity index (χ3v) is 7.79. The minimum Gasteiger partial charge on any atom is -0.482 e. The van der Waals surface area contributed by atoms with E-state index in [2.05, 4.69) is 55.6 Å². The number of hydrogen-bond donors (Lipinski definition) is 2. The maximum absolute atomic E-state index is 13.2. The van der Waals surface area contributed by atoms with E-state index in [0.29, 0.717) is 18.6 Å². The Hall–Kier alpha value is -3.23. The Balaban J connectivity index is 1.57. The van der Waals surface area contributed by atoms with Crippen LogP contribution in [-0.4, -0.2) is 31.1 Å². The van der Waals surface area contributed by atoms with Crippen molar-refractivity contribution in [2.45, 2.75) is 63.4 Å². The number of carbonyl (C=O) groups is 1. The third kappa shape index (κ3) is 5.77. The smallest absolute Gasteiger partial charge is 0.341 e. The van der Waals surface area contributed by atoms with Crippen LogP contribution in [0.15, 0.2) is 59.8 Å². The van der Waals surface area contributed by atoms with Crippen molar-refractivity contribution < 1.29 is 23.1 Å². The molecule has 0 aliphatic heterocycles. The predicted molar refractivity (Wildman–Crippen MR) is 139 cm³/mol. The summed E-state index contributed by atoms with van der Waals surface area (Å²) >= 11 is 0. The van der Waals surface area contributed by atoms with Crippen LogP contribution in [0.1, 0.15) is 61.9 Å². The monoisotopic (exact) mass is 508 g/mol. The van der Waals surface area contributed by atoms with Gasteiger partial charge in [0.1, 0.15) is 5.75 Å². The number of benzene rings is 2. The third-order valence-electron chi connectivity index (χ3n) is 6.40. The molecule has 0 bridgehead atoms. The van der Waals surface area contributed by atoms with Gasteiger partial charge in [-0.3, -0.25) is 0 Å². The number of carboxylic acid groups (broad SMARTS) is 1. The van der Waals surface area contributed by atoms with Gasteiger partial charge < -0.3 is 9.84 Å². The molecule has 8 heteroatoms. The first-order valence-electron chi connectivity index (χ1n) is 12.0. The number of aromatic nitrogens is 1. The van der Waals surface area contributed by atoms with Crippen LogP contribution >= 0.6 is 0 Å². The molecule has 0 saturated carbocycles. The summed E-state index contributed by atoms with van der Waals surface area (Å²) in [7, 11) is -3.88. The van der Waals surface area contributed by atoms with E-state index in [1.807, 2.05) is 6.07 Å². The molecule has 0 radical (unpaired) electrons. The fourth-order valence-corrected chi connectivity index (χ4v) is 5.73. The number of rotatable bonds is 7. The number of nitrogens with one attached hydrogen (secondary N) is 1. The lowest BCUT2D eigenvalue weighted by atomic mass is 9.84. The Kier molecular flexibility index (Phi) is 7.20. The molecule has 4 rings (SSSR count).